The average Bonchev–Trinajstić information content (AvgIpc) is 2.65. The van der Waals surface area contributed by atoms with E-state index in [-0.39, 0.29) is 12.1 Å². The summed E-state index contributed by atoms with van der Waals surface area (Å²) in [7, 11) is 0. The molecule has 0 bridgehead atoms. The van der Waals surface area contributed by atoms with Crippen LogP contribution in [0.15, 0.2) is 24.3 Å². The first kappa shape index (κ1) is 11.9. The number of halogens is 1. The van der Waals surface area contributed by atoms with Gasteiger partial charge in [0.25, 0.3) is 0 Å². The molecule has 88 valence electrons. The van der Waals surface area contributed by atoms with Gasteiger partial charge in [-0.2, -0.15) is 0 Å². The fraction of sp³-hybridized carbons (Fsp3) is 0.538. The van der Waals surface area contributed by atoms with Gasteiger partial charge >= 0.3 is 0 Å². The quantitative estimate of drug-likeness (QED) is 0.848. The normalized spacial score (nSPS) is 29.6. The van der Waals surface area contributed by atoms with Crippen LogP contribution in [0.3, 0.4) is 0 Å². The smallest absolute Gasteiger partial charge is 0.0610 e. The van der Waals surface area contributed by atoms with Gasteiger partial charge in [0.2, 0.25) is 0 Å². The van der Waals surface area contributed by atoms with Crippen molar-refractivity contribution in [2.45, 2.75) is 25.3 Å². The first-order valence-electron chi connectivity index (χ1n) is 5.72. The average molecular weight is 240 g/mol. The SMILES string of the molecule is CC1(CO)CC(Cc2ccc(Cl)cc2)CN1. The summed E-state index contributed by atoms with van der Waals surface area (Å²) in [5.74, 6) is 0.610. The molecule has 2 nitrogen and oxygen atoms in total. The van der Waals surface area contributed by atoms with Crippen molar-refractivity contribution < 1.29 is 5.11 Å². The molecular formula is C13H18ClNO. The van der Waals surface area contributed by atoms with Crippen molar-refractivity contribution in [1.29, 1.82) is 0 Å². The van der Waals surface area contributed by atoms with Crippen LogP contribution in [-0.2, 0) is 6.42 Å². The third kappa shape index (κ3) is 2.76. The molecule has 1 heterocycles. The molecule has 16 heavy (non-hydrogen) atoms. The van der Waals surface area contributed by atoms with Gasteiger partial charge in [-0.05, 0) is 49.9 Å². The van der Waals surface area contributed by atoms with E-state index < -0.39 is 0 Å². The number of aliphatic hydroxyl groups is 1. The van der Waals surface area contributed by atoms with Crippen molar-refractivity contribution in [3.8, 4) is 0 Å². The van der Waals surface area contributed by atoms with E-state index in [0.29, 0.717) is 5.92 Å². The summed E-state index contributed by atoms with van der Waals surface area (Å²) in [6.45, 7) is 3.28. The van der Waals surface area contributed by atoms with Crippen LogP contribution in [0.25, 0.3) is 0 Å². The van der Waals surface area contributed by atoms with Crippen LogP contribution >= 0.6 is 11.6 Å². The van der Waals surface area contributed by atoms with Gasteiger partial charge in [-0.1, -0.05) is 23.7 Å². The van der Waals surface area contributed by atoms with Crippen LogP contribution in [0.2, 0.25) is 5.02 Å². The Morgan fingerprint density at radius 2 is 2.12 bits per heavy atom. The first-order chi connectivity index (χ1) is 7.61. The Labute approximate surface area is 102 Å². The van der Waals surface area contributed by atoms with Crippen LogP contribution in [0.5, 0.6) is 0 Å². The lowest BCUT2D eigenvalue weighted by atomic mass is 9.91. The molecule has 1 fully saturated rings. The lowest BCUT2D eigenvalue weighted by molar-refractivity contribution is 0.189. The maximum Gasteiger partial charge on any atom is 0.0610 e. The third-order valence-corrected chi connectivity index (χ3v) is 3.60. The van der Waals surface area contributed by atoms with Crippen LogP contribution < -0.4 is 5.32 Å². The van der Waals surface area contributed by atoms with Crippen molar-refractivity contribution in [2.24, 2.45) is 5.92 Å². The first-order valence-corrected chi connectivity index (χ1v) is 6.09. The molecule has 1 aromatic rings. The van der Waals surface area contributed by atoms with Crippen molar-refractivity contribution in [3.63, 3.8) is 0 Å². The summed E-state index contributed by atoms with van der Waals surface area (Å²) in [5, 5.41) is 13.4. The van der Waals surface area contributed by atoms with Gasteiger partial charge in [0, 0.05) is 10.6 Å². The Morgan fingerprint density at radius 1 is 1.44 bits per heavy atom. The van der Waals surface area contributed by atoms with E-state index in [9.17, 15) is 5.11 Å². The number of rotatable bonds is 3. The largest absolute Gasteiger partial charge is 0.394 e. The molecule has 0 spiro atoms. The minimum atomic E-state index is -0.0862. The Balaban J connectivity index is 1.94. The standard InChI is InChI=1S/C13H18ClNO/c1-13(9-16)7-11(8-15-13)6-10-2-4-12(14)5-3-10/h2-5,11,15-16H,6-9H2,1H3. The third-order valence-electron chi connectivity index (χ3n) is 3.34. The summed E-state index contributed by atoms with van der Waals surface area (Å²) in [6.07, 6.45) is 2.09. The Morgan fingerprint density at radius 3 is 2.69 bits per heavy atom. The summed E-state index contributed by atoms with van der Waals surface area (Å²) in [6, 6.07) is 8.03. The van der Waals surface area contributed by atoms with Crippen molar-refractivity contribution in [1.82, 2.24) is 5.32 Å². The molecule has 1 aliphatic heterocycles. The maximum absolute atomic E-state index is 9.27. The predicted octanol–water partition coefficient (Wildman–Crippen LogP) is 2.24. The lowest BCUT2D eigenvalue weighted by Crippen LogP contribution is -2.39. The van der Waals surface area contributed by atoms with Crippen LogP contribution in [0.1, 0.15) is 18.9 Å². The minimum absolute atomic E-state index is 0.0862. The molecule has 0 amide bonds. The highest BCUT2D eigenvalue weighted by atomic mass is 35.5. The van der Waals surface area contributed by atoms with Gasteiger partial charge < -0.3 is 10.4 Å². The monoisotopic (exact) mass is 239 g/mol. The molecule has 1 aliphatic rings. The number of benzene rings is 1. The van der Waals surface area contributed by atoms with E-state index in [1.165, 1.54) is 5.56 Å². The number of nitrogens with one attached hydrogen (secondary N) is 1. The molecule has 2 unspecified atom stereocenters. The molecule has 1 aromatic carbocycles. The van der Waals surface area contributed by atoms with Gasteiger partial charge in [0.15, 0.2) is 0 Å². The fourth-order valence-electron chi connectivity index (χ4n) is 2.39. The molecule has 1 saturated heterocycles. The second-order valence-electron chi connectivity index (χ2n) is 5.00. The van der Waals surface area contributed by atoms with Crippen LogP contribution in [-0.4, -0.2) is 23.8 Å². The highest BCUT2D eigenvalue weighted by Gasteiger charge is 2.33. The molecule has 2 rings (SSSR count). The summed E-state index contributed by atoms with van der Waals surface area (Å²) < 4.78 is 0. The molecule has 2 N–H and O–H groups in total. The predicted molar refractivity (Wildman–Crippen MR) is 66.8 cm³/mol. The zero-order valence-corrected chi connectivity index (χ0v) is 10.3. The summed E-state index contributed by atoms with van der Waals surface area (Å²) in [5.41, 5.74) is 1.23. The summed E-state index contributed by atoms with van der Waals surface area (Å²) >= 11 is 5.85. The van der Waals surface area contributed by atoms with Gasteiger partial charge in [-0.25, -0.2) is 0 Å². The van der Waals surface area contributed by atoms with E-state index in [2.05, 4.69) is 24.4 Å². The zero-order chi connectivity index (χ0) is 11.6. The highest BCUT2D eigenvalue weighted by molar-refractivity contribution is 6.30. The van der Waals surface area contributed by atoms with Crippen LogP contribution in [0, 0.1) is 5.92 Å². The minimum Gasteiger partial charge on any atom is -0.394 e. The number of hydrogen-bond donors (Lipinski definition) is 2. The van der Waals surface area contributed by atoms with E-state index in [0.717, 1.165) is 24.4 Å². The Hall–Kier alpha value is -0.570. The second-order valence-corrected chi connectivity index (χ2v) is 5.44. The molecule has 3 heteroatoms. The van der Waals surface area contributed by atoms with Crippen LogP contribution in [0.4, 0.5) is 0 Å². The molecule has 0 aliphatic carbocycles. The molecular weight excluding hydrogens is 222 g/mol. The van der Waals surface area contributed by atoms with E-state index in [1.54, 1.807) is 0 Å². The molecule has 0 radical (unpaired) electrons. The number of hydrogen-bond acceptors (Lipinski definition) is 2. The molecule has 0 aromatic heterocycles. The highest BCUT2D eigenvalue weighted by Crippen LogP contribution is 2.26. The van der Waals surface area contributed by atoms with Gasteiger partial charge in [0.1, 0.15) is 0 Å². The lowest BCUT2D eigenvalue weighted by Gasteiger charge is -2.21. The maximum atomic E-state index is 9.27. The molecule has 2 atom stereocenters. The van der Waals surface area contributed by atoms with Crippen molar-refractivity contribution in [2.75, 3.05) is 13.2 Å². The van der Waals surface area contributed by atoms with Crippen molar-refractivity contribution >= 4 is 11.6 Å². The number of aliphatic hydroxyl groups excluding tert-OH is 1. The summed E-state index contributed by atoms with van der Waals surface area (Å²) in [4.78, 5) is 0. The second kappa shape index (κ2) is 4.74. The Kier molecular flexibility index (Phi) is 3.53. The van der Waals surface area contributed by atoms with E-state index >= 15 is 0 Å². The fourth-order valence-corrected chi connectivity index (χ4v) is 2.52. The van der Waals surface area contributed by atoms with Gasteiger partial charge in [0.05, 0.1) is 6.61 Å². The van der Waals surface area contributed by atoms with Gasteiger partial charge in [-0.15, -0.1) is 0 Å². The molecule has 0 saturated carbocycles. The zero-order valence-electron chi connectivity index (χ0n) is 9.54. The topological polar surface area (TPSA) is 32.3 Å². The van der Waals surface area contributed by atoms with Gasteiger partial charge in [-0.3, -0.25) is 0 Å². The van der Waals surface area contributed by atoms with Crippen molar-refractivity contribution in [3.05, 3.63) is 34.9 Å². The van der Waals surface area contributed by atoms with E-state index in [4.69, 9.17) is 11.6 Å². The van der Waals surface area contributed by atoms with E-state index in [1.807, 2.05) is 12.1 Å². The Bertz CT molecular complexity index is 351.